The summed E-state index contributed by atoms with van der Waals surface area (Å²) in [7, 11) is 4.03. The van der Waals surface area contributed by atoms with Gasteiger partial charge in [0.05, 0.1) is 31.0 Å². The number of allylic oxidation sites excluding steroid dienone is 2. The van der Waals surface area contributed by atoms with Crippen LogP contribution in [-0.4, -0.2) is 47.5 Å². The number of oxime groups is 1. The molecule has 0 aliphatic heterocycles. The van der Waals surface area contributed by atoms with E-state index in [4.69, 9.17) is 9.25 Å². The number of aromatic nitrogens is 1. The van der Waals surface area contributed by atoms with E-state index >= 15 is 0 Å². The first-order valence-electron chi connectivity index (χ1n) is 13.0. The molecule has 3 fully saturated rings. The van der Waals surface area contributed by atoms with Crippen LogP contribution in [0.3, 0.4) is 0 Å². The molecule has 0 aromatic carbocycles. The van der Waals surface area contributed by atoms with E-state index in [1.165, 1.54) is 38.5 Å². The summed E-state index contributed by atoms with van der Waals surface area (Å²) in [6, 6.07) is 0. The lowest BCUT2D eigenvalue weighted by atomic mass is 9.47. The van der Waals surface area contributed by atoms with Crippen molar-refractivity contribution in [1.29, 1.82) is 0 Å². The number of oxazole rings is 1. The summed E-state index contributed by atoms with van der Waals surface area (Å²) in [5.41, 5.74) is 3.11. The maximum atomic E-state index is 10.7. The average molecular weight is 456 g/mol. The van der Waals surface area contributed by atoms with Gasteiger partial charge in [0.25, 0.3) is 0 Å². The highest BCUT2D eigenvalue weighted by atomic mass is 16.6. The molecule has 3 unspecified atom stereocenters. The lowest BCUT2D eigenvalue weighted by molar-refractivity contribution is -0.0722. The molecule has 0 spiro atoms. The van der Waals surface area contributed by atoms with Crippen LogP contribution in [0.1, 0.15) is 76.9 Å². The van der Waals surface area contributed by atoms with Crippen LogP contribution in [0.2, 0.25) is 0 Å². The molecule has 5 rings (SSSR count). The standard InChI is InChI=1S/C27H41N3O3/c1-26-12-9-19(29-32-14-11-25-28-16-20(33-25)17-30(3)4)15-18(26)5-6-21-22-7-8-24(31)27(22,2)13-10-23(21)26/h15-16,21-24,31H,5-14,17H2,1-4H3/t21?,22?,23?,24-,26-,27-/m0/s1. The Hall–Kier alpha value is -1.66. The minimum Gasteiger partial charge on any atom is -0.444 e. The van der Waals surface area contributed by atoms with Crippen molar-refractivity contribution in [3.8, 4) is 0 Å². The van der Waals surface area contributed by atoms with E-state index < -0.39 is 0 Å². The third-order valence-corrected chi connectivity index (χ3v) is 9.59. The van der Waals surface area contributed by atoms with Crippen molar-refractivity contribution in [2.45, 2.75) is 84.3 Å². The molecule has 0 bridgehead atoms. The van der Waals surface area contributed by atoms with Crippen LogP contribution in [0, 0.1) is 28.6 Å². The molecule has 1 N–H and O–H groups in total. The predicted molar refractivity (Wildman–Crippen MR) is 129 cm³/mol. The van der Waals surface area contributed by atoms with E-state index in [1.807, 2.05) is 14.1 Å². The second-order valence-corrected chi connectivity index (χ2v) is 11.8. The van der Waals surface area contributed by atoms with Gasteiger partial charge in [-0.3, -0.25) is 0 Å². The van der Waals surface area contributed by atoms with Crippen molar-refractivity contribution in [2.24, 2.45) is 33.7 Å². The van der Waals surface area contributed by atoms with Crippen LogP contribution in [0.4, 0.5) is 0 Å². The van der Waals surface area contributed by atoms with Crippen LogP contribution >= 0.6 is 0 Å². The predicted octanol–water partition coefficient (Wildman–Crippen LogP) is 4.98. The van der Waals surface area contributed by atoms with Crippen LogP contribution in [0.25, 0.3) is 0 Å². The third-order valence-electron chi connectivity index (χ3n) is 9.59. The van der Waals surface area contributed by atoms with Gasteiger partial charge in [-0.05, 0) is 100 Å². The van der Waals surface area contributed by atoms with Crippen LogP contribution in [0.5, 0.6) is 0 Å². The maximum Gasteiger partial charge on any atom is 0.197 e. The lowest BCUT2D eigenvalue weighted by Crippen LogP contribution is -2.51. The van der Waals surface area contributed by atoms with Crippen molar-refractivity contribution in [2.75, 3.05) is 20.7 Å². The van der Waals surface area contributed by atoms with Gasteiger partial charge in [-0.2, -0.15) is 0 Å². The molecule has 4 aliphatic rings. The quantitative estimate of drug-likeness (QED) is 0.484. The second kappa shape index (κ2) is 8.84. The van der Waals surface area contributed by atoms with Gasteiger partial charge in [0.15, 0.2) is 5.89 Å². The van der Waals surface area contributed by atoms with E-state index in [2.05, 4.69) is 35.0 Å². The van der Waals surface area contributed by atoms with Crippen molar-refractivity contribution < 1.29 is 14.4 Å². The highest BCUT2D eigenvalue weighted by molar-refractivity contribution is 5.96. The van der Waals surface area contributed by atoms with Crippen LogP contribution in [0.15, 0.2) is 27.4 Å². The van der Waals surface area contributed by atoms with Gasteiger partial charge >= 0.3 is 0 Å². The molecule has 3 saturated carbocycles. The fourth-order valence-corrected chi connectivity index (χ4v) is 7.73. The molecule has 0 saturated heterocycles. The van der Waals surface area contributed by atoms with Gasteiger partial charge < -0.3 is 19.3 Å². The van der Waals surface area contributed by atoms with Gasteiger partial charge in [-0.15, -0.1) is 0 Å². The zero-order valence-electron chi connectivity index (χ0n) is 20.8. The molecule has 4 aliphatic carbocycles. The van der Waals surface area contributed by atoms with Crippen LogP contribution in [-0.2, 0) is 17.8 Å². The summed E-state index contributed by atoms with van der Waals surface area (Å²) in [6.07, 6.45) is 13.9. The number of nitrogens with zero attached hydrogens (tertiary/aromatic N) is 3. The first-order valence-corrected chi connectivity index (χ1v) is 13.0. The Balaban J connectivity index is 1.20. The van der Waals surface area contributed by atoms with E-state index in [0.717, 1.165) is 42.7 Å². The zero-order valence-corrected chi connectivity index (χ0v) is 20.8. The topological polar surface area (TPSA) is 71.1 Å². The molecular formula is C27H41N3O3. The van der Waals surface area contributed by atoms with Gasteiger partial charge in [-0.1, -0.05) is 24.6 Å². The van der Waals surface area contributed by atoms with Crippen LogP contribution < -0.4 is 0 Å². The summed E-state index contributed by atoms with van der Waals surface area (Å²) in [4.78, 5) is 12.1. The van der Waals surface area contributed by atoms with Crippen molar-refractivity contribution >= 4 is 5.71 Å². The fourth-order valence-electron chi connectivity index (χ4n) is 7.73. The SMILES string of the molecule is CN(C)Cc1cnc(CCON=C2C=C3CCC4C(CC[C@@]5(C)C4CC[C@@H]5O)[C@@]3(C)CC2)o1. The Morgan fingerprint density at radius 1 is 1.15 bits per heavy atom. The largest absolute Gasteiger partial charge is 0.444 e. The molecule has 1 heterocycles. The summed E-state index contributed by atoms with van der Waals surface area (Å²) in [6.45, 7) is 6.11. The van der Waals surface area contributed by atoms with Crippen molar-refractivity contribution in [1.82, 2.24) is 9.88 Å². The average Bonchev–Trinajstić information content (AvgIpc) is 3.34. The second-order valence-electron chi connectivity index (χ2n) is 11.8. The summed E-state index contributed by atoms with van der Waals surface area (Å²) < 4.78 is 5.76. The van der Waals surface area contributed by atoms with E-state index in [0.29, 0.717) is 24.8 Å². The molecule has 33 heavy (non-hydrogen) atoms. The maximum absolute atomic E-state index is 10.7. The number of fused-ring (bicyclic) bond motifs is 5. The molecule has 6 nitrogen and oxygen atoms in total. The number of aliphatic hydroxyl groups excluding tert-OH is 1. The van der Waals surface area contributed by atoms with Gasteiger partial charge in [0.2, 0.25) is 0 Å². The van der Waals surface area contributed by atoms with Gasteiger partial charge in [-0.25, -0.2) is 4.98 Å². The number of hydrogen-bond donors (Lipinski definition) is 1. The Labute approximate surface area is 198 Å². The van der Waals surface area contributed by atoms with E-state index in [-0.39, 0.29) is 16.9 Å². The fraction of sp³-hybridized carbons (Fsp3) is 0.778. The number of rotatable bonds is 6. The Bertz CT molecular complexity index is 921. The third kappa shape index (κ3) is 4.18. The summed E-state index contributed by atoms with van der Waals surface area (Å²) in [5.74, 6) is 3.82. The minimum absolute atomic E-state index is 0.0913. The molecule has 0 amide bonds. The number of aliphatic hydroxyl groups is 1. The molecule has 1 aromatic heterocycles. The monoisotopic (exact) mass is 455 g/mol. The normalized spacial score (nSPS) is 39.2. The molecule has 0 radical (unpaired) electrons. The van der Waals surface area contributed by atoms with Crippen molar-refractivity contribution in [3.05, 3.63) is 29.5 Å². The Morgan fingerprint density at radius 2 is 2.00 bits per heavy atom. The first-order chi connectivity index (χ1) is 15.8. The number of hydrogen-bond acceptors (Lipinski definition) is 6. The minimum atomic E-state index is -0.0913. The smallest absolute Gasteiger partial charge is 0.197 e. The Kier molecular flexibility index (Phi) is 6.19. The van der Waals surface area contributed by atoms with E-state index in [1.54, 1.807) is 11.8 Å². The highest BCUT2D eigenvalue weighted by Crippen LogP contribution is 2.65. The Morgan fingerprint density at radius 3 is 2.82 bits per heavy atom. The summed E-state index contributed by atoms with van der Waals surface area (Å²) >= 11 is 0. The van der Waals surface area contributed by atoms with Gasteiger partial charge in [0, 0.05) is 0 Å². The zero-order chi connectivity index (χ0) is 23.2. The summed E-state index contributed by atoms with van der Waals surface area (Å²) in [5, 5.41) is 15.1. The van der Waals surface area contributed by atoms with Gasteiger partial charge in [0.1, 0.15) is 12.4 Å². The van der Waals surface area contributed by atoms with E-state index in [9.17, 15) is 5.11 Å². The molecule has 182 valence electrons. The first kappa shape index (κ1) is 23.1. The molecule has 1 aromatic rings. The highest BCUT2D eigenvalue weighted by Gasteiger charge is 2.58. The van der Waals surface area contributed by atoms with Crippen molar-refractivity contribution in [3.63, 3.8) is 0 Å². The molecular weight excluding hydrogens is 414 g/mol. The molecule has 6 atom stereocenters. The molecule has 6 heteroatoms. The lowest BCUT2D eigenvalue weighted by Gasteiger charge is -2.57.